The summed E-state index contributed by atoms with van der Waals surface area (Å²) in [6.45, 7) is 6.52. The zero-order valence-corrected chi connectivity index (χ0v) is 14.8. The molecule has 2 fully saturated rings. The first-order valence-corrected chi connectivity index (χ1v) is 9.30. The van der Waals surface area contributed by atoms with Crippen molar-refractivity contribution < 1.29 is 4.79 Å². The van der Waals surface area contributed by atoms with Crippen molar-refractivity contribution in [1.29, 1.82) is 0 Å². The summed E-state index contributed by atoms with van der Waals surface area (Å²) < 4.78 is 0. The Labute approximate surface area is 146 Å². The van der Waals surface area contributed by atoms with Gasteiger partial charge in [0.1, 0.15) is 0 Å². The summed E-state index contributed by atoms with van der Waals surface area (Å²) in [6.07, 6.45) is 5.52. The van der Waals surface area contributed by atoms with Crippen molar-refractivity contribution in [3.8, 4) is 0 Å². The molecule has 1 spiro atoms. The van der Waals surface area contributed by atoms with Crippen LogP contribution in [0.1, 0.15) is 29.1 Å². The number of aryl methyl sites for hydroxylation is 1. The second-order valence-electron chi connectivity index (χ2n) is 7.11. The van der Waals surface area contributed by atoms with Gasteiger partial charge in [-0.1, -0.05) is 6.07 Å². The van der Waals surface area contributed by atoms with Crippen LogP contribution < -0.4 is 0 Å². The lowest BCUT2D eigenvalue weighted by molar-refractivity contribution is -0.128. The van der Waals surface area contributed by atoms with Gasteiger partial charge in [0.05, 0.1) is 17.2 Å². The Morgan fingerprint density at radius 2 is 2.25 bits per heavy atom. The fourth-order valence-corrected chi connectivity index (χ4v) is 4.59. The summed E-state index contributed by atoms with van der Waals surface area (Å²) >= 11 is 1.65. The number of rotatable bonds is 4. The van der Waals surface area contributed by atoms with Crippen LogP contribution in [0.15, 0.2) is 29.9 Å². The van der Waals surface area contributed by atoms with Gasteiger partial charge in [0.25, 0.3) is 0 Å². The van der Waals surface area contributed by atoms with Gasteiger partial charge in [-0.2, -0.15) is 0 Å². The molecule has 24 heavy (non-hydrogen) atoms. The van der Waals surface area contributed by atoms with Crippen molar-refractivity contribution in [2.75, 3.05) is 19.6 Å². The molecule has 1 atom stereocenters. The molecule has 2 aromatic heterocycles. The zero-order chi connectivity index (χ0) is 16.6. The van der Waals surface area contributed by atoms with Crippen molar-refractivity contribution in [2.24, 2.45) is 5.41 Å². The molecule has 0 aliphatic carbocycles. The molecule has 0 bridgehead atoms. The lowest BCUT2D eigenvalue weighted by Crippen LogP contribution is -2.31. The number of thiazole rings is 1. The molecule has 4 heterocycles. The molecule has 1 unspecified atom stereocenters. The third kappa shape index (κ3) is 3.21. The first kappa shape index (κ1) is 15.7. The van der Waals surface area contributed by atoms with E-state index >= 15 is 0 Å². The molecule has 2 aliphatic rings. The Hall–Kier alpha value is -1.79. The van der Waals surface area contributed by atoms with E-state index in [1.807, 2.05) is 30.3 Å². The summed E-state index contributed by atoms with van der Waals surface area (Å²) in [6, 6.07) is 4.10. The van der Waals surface area contributed by atoms with Crippen LogP contribution in [0.25, 0.3) is 0 Å². The molecule has 2 aliphatic heterocycles. The Morgan fingerprint density at radius 1 is 1.33 bits per heavy atom. The van der Waals surface area contributed by atoms with Crippen LogP contribution in [-0.2, 0) is 17.9 Å². The van der Waals surface area contributed by atoms with Crippen LogP contribution in [0.4, 0.5) is 0 Å². The standard InChI is InChI=1S/C18H22N4OS/c1-14-20-16(11-24-14)10-22-13-18(7-17(22)23)4-6-21(12-18)9-15-3-2-5-19-8-15/h2-3,5,8,11H,4,6-7,9-10,12-13H2,1H3. The third-order valence-electron chi connectivity index (χ3n) is 5.07. The molecule has 126 valence electrons. The normalized spacial score (nSPS) is 24.4. The number of hydrogen-bond donors (Lipinski definition) is 0. The van der Waals surface area contributed by atoms with Gasteiger partial charge in [-0.3, -0.25) is 14.7 Å². The van der Waals surface area contributed by atoms with Crippen molar-refractivity contribution >= 4 is 17.2 Å². The molecule has 0 N–H and O–H groups in total. The Balaban J connectivity index is 1.39. The first-order valence-electron chi connectivity index (χ1n) is 8.42. The average molecular weight is 342 g/mol. The molecule has 5 nitrogen and oxygen atoms in total. The molecule has 6 heteroatoms. The highest BCUT2D eigenvalue weighted by Crippen LogP contribution is 2.41. The van der Waals surface area contributed by atoms with Crippen molar-refractivity contribution in [1.82, 2.24) is 19.8 Å². The van der Waals surface area contributed by atoms with Gasteiger partial charge >= 0.3 is 0 Å². The topological polar surface area (TPSA) is 49.3 Å². The summed E-state index contributed by atoms with van der Waals surface area (Å²) in [4.78, 5) is 25.6. The maximum Gasteiger partial charge on any atom is 0.223 e. The van der Waals surface area contributed by atoms with Gasteiger partial charge < -0.3 is 4.90 Å². The summed E-state index contributed by atoms with van der Waals surface area (Å²) in [7, 11) is 0. The SMILES string of the molecule is Cc1nc(CN2CC3(CCN(Cc4cccnc4)C3)CC2=O)cs1. The molecule has 0 radical (unpaired) electrons. The van der Waals surface area contributed by atoms with Crippen LogP contribution in [0.2, 0.25) is 0 Å². The smallest absolute Gasteiger partial charge is 0.223 e. The molecular weight excluding hydrogens is 320 g/mol. The van der Waals surface area contributed by atoms with Crippen LogP contribution in [-0.4, -0.2) is 45.3 Å². The van der Waals surface area contributed by atoms with E-state index in [0.29, 0.717) is 13.0 Å². The number of nitrogens with zero attached hydrogens (tertiary/aromatic N) is 4. The number of amides is 1. The van der Waals surface area contributed by atoms with Crippen molar-refractivity contribution in [3.05, 3.63) is 46.2 Å². The minimum atomic E-state index is 0.129. The fourth-order valence-electron chi connectivity index (χ4n) is 3.99. The second-order valence-corrected chi connectivity index (χ2v) is 8.17. The van der Waals surface area contributed by atoms with Crippen LogP contribution in [0.5, 0.6) is 0 Å². The second kappa shape index (κ2) is 6.26. The van der Waals surface area contributed by atoms with Crippen LogP contribution in [0, 0.1) is 12.3 Å². The number of carbonyl (C=O) groups is 1. The van der Waals surface area contributed by atoms with E-state index in [-0.39, 0.29) is 11.3 Å². The highest BCUT2D eigenvalue weighted by molar-refractivity contribution is 7.09. The summed E-state index contributed by atoms with van der Waals surface area (Å²) in [5.41, 5.74) is 2.39. The monoisotopic (exact) mass is 342 g/mol. The predicted molar refractivity (Wildman–Crippen MR) is 93.4 cm³/mol. The maximum absolute atomic E-state index is 12.5. The minimum Gasteiger partial charge on any atom is -0.336 e. The van der Waals surface area contributed by atoms with Gasteiger partial charge in [-0.15, -0.1) is 11.3 Å². The number of pyridine rings is 1. The molecule has 2 aromatic rings. The Bertz CT molecular complexity index is 732. The van der Waals surface area contributed by atoms with Gasteiger partial charge in [0, 0.05) is 49.2 Å². The van der Waals surface area contributed by atoms with Crippen LogP contribution >= 0.6 is 11.3 Å². The molecule has 1 amide bonds. The summed E-state index contributed by atoms with van der Waals surface area (Å²) in [5.74, 6) is 0.281. The lowest BCUT2D eigenvalue weighted by Gasteiger charge is -2.24. The van der Waals surface area contributed by atoms with E-state index in [0.717, 1.165) is 43.3 Å². The molecule has 2 saturated heterocycles. The van der Waals surface area contributed by atoms with E-state index in [9.17, 15) is 4.79 Å². The Kier molecular flexibility index (Phi) is 4.10. The quantitative estimate of drug-likeness (QED) is 0.856. The molecule has 0 saturated carbocycles. The van der Waals surface area contributed by atoms with Gasteiger partial charge in [-0.05, 0) is 31.5 Å². The van der Waals surface area contributed by atoms with E-state index in [1.54, 1.807) is 11.3 Å². The minimum absolute atomic E-state index is 0.129. The third-order valence-corrected chi connectivity index (χ3v) is 5.89. The average Bonchev–Trinajstić information content (AvgIpc) is 3.22. The highest BCUT2D eigenvalue weighted by Gasteiger charge is 2.47. The number of hydrogen-bond acceptors (Lipinski definition) is 5. The van der Waals surface area contributed by atoms with Crippen molar-refractivity contribution in [2.45, 2.75) is 32.9 Å². The van der Waals surface area contributed by atoms with Crippen LogP contribution in [0.3, 0.4) is 0 Å². The number of aromatic nitrogens is 2. The van der Waals surface area contributed by atoms with Gasteiger partial charge in [0.2, 0.25) is 5.91 Å². The van der Waals surface area contributed by atoms with Gasteiger partial charge in [0.15, 0.2) is 0 Å². The number of carbonyl (C=O) groups excluding carboxylic acids is 1. The van der Waals surface area contributed by atoms with E-state index in [2.05, 4.69) is 26.3 Å². The Morgan fingerprint density at radius 3 is 3.00 bits per heavy atom. The largest absolute Gasteiger partial charge is 0.336 e. The molecular formula is C18H22N4OS. The molecule has 4 rings (SSSR count). The van der Waals surface area contributed by atoms with Gasteiger partial charge in [-0.25, -0.2) is 4.98 Å². The maximum atomic E-state index is 12.5. The fraction of sp³-hybridized carbons (Fsp3) is 0.500. The van der Waals surface area contributed by atoms with Crippen molar-refractivity contribution in [3.63, 3.8) is 0 Å². The molecule has 0 aromatic carbocycles. The van der Waals surface area contributed by atoms with E-state index < -0.39 is 0 Å². The number of likely N-dealkylation sites (tertiary alicyclic amines) is 2. The predicted octanol–water partition coefficient (Wildman–Crippen LogP) is 2.47. The first-order chi connectivity index (χ1) is 11.6. The highest BCUT2D eigenvalue weighted by atomic mass is 32.1. The summed E-state index contributed by atoms with van der Waals surface area (Å²) in [5, 5.41) is 3.13. The van der Waals surface area contributed by atoms with E-state index in [1.165, 1.54) is 5.56 Å². The zero-order valence-electron chi connectivity index (χ0n) is 13.9. The van der Waals surface area contributed by atoms with E-state index in [4.69, 9.17) is 0 Å². The lowest BCUT2D eigenvalue weighted by atomic mass is 9.86.